The lowest BCUT2D eigenvalue weighted by molar-refractivity contribution is -0.120. The lowest BCUT2D eigenvalue weighted by Gasteiger charge is -2.17. The molecule has 0 unspecified atom stereocenters. The molecule has 0 spiro atoms. The van der Waals surface area contributed by atoms with Crippen molar-refractivity contribution in [2.45, 2.75) is 24.2 Å². The lowest BCUT2D eigenvalue weighted by Crippen LogP contribution is -2.23. The predicted molar refractivity (Wildman–Crippen MR) is 74.7 cm³/mol. The highest BCUT2D eigenvalue weighted by molar-refractivity contribution is 7.90. The number of anilines is 1. The first kappa shape index (κ1) is 13.8. The molecule has 1 aliphatic rings. The van der Waals surface area contributed by atoms with E-state index < -0.39 is 9.84 Å². The minimum absolute atomic E-state index is 0.00328. The Morgan fingerprint density at radius 3 is 2.42 bits per heavy atom. The van der Waals surface area contributed by atoms with Crippen molar-refractivity contribution in [3.63, 3.8) is 0 Å². The van der Waals surface area contributed by atoms with Crippen LogP contribution in [0.4, 0.5) is 5.69 Å². The van der Waals surface area contributed by atoms with Gasteiger partial charge in [-0.1, -0.05) is 12.2 Å². The van der Waals surface area contributed by atoms with Gasteiger partial charge in [-0.15, -0.1) is 0 Å². The number of rotatable bonds is 3. The minimum Gasteiger partial charge on any atom is -0.326 e. The number of carbonyl (C=O) groups is 1. The Bertz CT molecular complexity index is 588. The molecule has 1 atom stereocenters. The number of benzene rings is 1. The number of hydrogen-bond donors (Lipinski definition) is 1. The van der Waals surface area contributed by atoms with E-state index in [0.29, 0.717) is 5.69 Å². The van der Waals surface area contributed by atoms with Gasteiger partial charge in [-0.2, -0.15) is 0 Å². The van der Waals surface area contributed by atoms with Crippen LogP contribution in [0.5, 0.6) is 0 Å². The number of hydrogen-bond acceptors (Lipinski definition) is 3. The summed E-state index contributed by atoms with van der Waals surface area (Å²) in [7, 11) is -3.19. The molecule has 0 bridgehead atoms. The molecule has 2 rings (SSSR count). The van der Waals surface area contributed by atoms with Crippen LogP contribution < -0.4 is 5.32 Å². The molecule has 1 aromatic carbocycles. The van der Waals surface area contributed by atoms with E-state index in [1.54, 1.807) is 12.1 Å². The minimum atomic E-state index is -3.19. The average molecular weight is 279 g/mol. The second-order valence-corrected chi connectivity index (χ2v) is 6.78. The molecule has 1 amide bonds. The third-order valence-corrected chi connectivity index (χ3v) is 4.32. The van der Waals surface area contributed by atoms with Gasteiger partial charge in [0.25, 0.3) is 0 Å². The maximum absolute atomic E-state index is 12.0. The Labute approximate surface area is 113 Å². The summed E-state index contributed by atoms with van der Waals surface area (Å²) >= 11 is 0. The van der Waals surface area contributed by atoms with E-state index >= 15 is 0 Å². The number of amides is 1. The average Bonchev–Trinajstić information content (AvgIpc) is 2.39. The molecule has 0 radical (unpaired) electrons. The molecular formula is C14H17NO3S. The van der Waals surface area contributed by atoms with E-state index in [-0.39, 0.29) is 16.7 Å². The zero-order valence-electron chi connectivity index (χ0n) is 10.8. The summed E-state index contributed by atoms with van der Waals surface area (Å²) in [5.74, 6) is 0.0102. The fraction of sp³-hybridized carbons (Fsp3) is 0.357. The fourth-order valence-electron chi connectivity index (χ4n) is 2.06. The molecule has 1 aromatic rings. The summed E-state index contributed by atoms with van der Waals surface area (Å²) in [5.41, 5.74) is 0.631. The van der Waals surface area contributed by atoms with E-state index in [0.717, 1.165) is 25.5 Å². The van der Waals surface area contributed by atoms with Crippen LogP contribution in [-0.4, -0.2) is 20.6 Å². The maximum atomic E-state index is 12.0. The Balaban J connectivity index is 2.03. The van der Waals surface area contributed by atoms with Gasteiger partial charge in [-0.3, -0.25) is 4.79 Å². The molecule has 0 saturated heterocycles. The molecule has 0 aliphatic heterocycles. The van der Waals surface area contributed by atoms with E-state index in [9.17, 15) is 13.2 Å². The van der Waals surface area contributed by atoms with Gasteiger partial charge in [-0.25, -0.2) is 8.42 Å². The summed E-state index contributed by atoms with van der Waals surface area (Å²) in [4.78, 5) is 12.2. The Hall–Kier alpha value is -1.62. The summed E-state index contributed by atoms with van der Waals surface area (Å²) < 4.78 is 22.6. The van der Waals surface area contributed by atoms with Crippen molar-refractivity contribution in [2.75, 3.05) is 11.6 Å². The van der Waals surface area contributed by atoms with E-state index in [1.165, 1.54) is 12.1 Å². The van der Waals surface area contributed by atoms with Crippen LogP contribution >= 0.6 is 0 Å². The fourth-order valence-corrected chi connectivity index (χ4v) is 2.69. The second-order valence-electron chi connectivity index (χ2n) is 4.77. The molecule has 0 saturated carbocycles. The van der Waals surface area contributed by atoms with Crippen LogP contribution in [0.25, 0.3) is 0 Å². The topological polar surface area (TPSA) is 63.2 Å². The Morgan fingerprint density at radius 2 is 1.89 bits per heavy atom. The zero-order valence-corrected chi connectivity index (χ0v) is 11.6. The van der Waals surface area contributed by atoms with Gasteiger partial charge in [0.1, 0.15) is 0 Å². The quantitative estimate of drug-likeness (QED) is 0.864. The van der Waals surface area contributed by atoms with Gasteiger partial charge in [0, 0.05) is 17.9 Å². The van der Waals surface area contributed by atoms with Crippen LogP contribution in [-0.2, 0) is 14.6 Å². The van der Waals surface area contributed by atoms with Gasteiger partial charge in [0.2, 0.25) is 5.91 Å². The zero-order chi connectivity index (χ0) is 13.9. The highest BCUT2D eigenvalue weighted by Gasteiger charge is 2.18. The van der Waals surface area contributed by atoms with Crippen LogP contribution in [0.15, 0.2) is 41.3 Å². The van der Waals surface area contributed by atoms with E-state index in [4.69, 9.17) is 0 Å². The third-order valence-electron chi connectivity index (χ3n) is 3.19. The summed E-state index contributed by atoms with van der Waals surface area (Å²) in [6.45, 7) is 0. The monoisotopic (exact) mass is 279 g/mol. The lowest BCUT2D eigenvalue weighted by atomic mass is 9.93. The summed E-state index contributed by atoms with van der Waals surface area (Å²) in [5, 5.41) is 2.82. The Morgan fingerprint density at radius 1 is 1.21 bits per heavy atom. The van der Waals surface area contributed by atoms with Crippen LogP contribution in [0.3, 0.4) is 0 Å². The highest BCUT2D eigenvalue weighted by Crippen LogP contribution is 2.21. The number of allylic oxidation sites excluding steroid dienone is 2. The van der Waals surface area contributed by atoms with Crippen LogP contribution in [0.1, 0.15) is 19.3 Å². The van der Waals surface area contributed by atoms with Crippen molar-refractivity contribution in [1.29, 1.82) is 0 Å². The molecule has 1 N–H and O–H groups in total. The van der Waals surface area contributed by atoms with Crippen molar-refractivity contribution in [3.05, 3.63) is 36.4 Å². The van der Waals surface area contributed by atoms with Crippen molar-refractivity contribution in [1.82, 2.24) is 0 Å². The van der Waals surface area contributed by atoms with Crippen molar-refractivity contribution < 1.29 is 13.2 Å². The number of nitrogens with one attached hydrogen (secondary N) is 1. The maximum Gasteiger partial charge on any atom is 0.227 e. The molecule has 4 nitrogen and oxygen atoms in total. The summed E-state index contributed by atoms with van der Waals surface area (Å²) in [6, 6.07) is 6.25. The number of carbonyl (C=O) groups excluding carboxylic acids is 1. The standard InChI is InChI=1S/C14H17NO3S/c1-19(17,18)13-9-7-12(8-10-13)15-14(16)11-5-3-2-4-6-11/h2-3,7-11H,4-6H2,1H3,(H,15,16)/t11-/m0/s1. The van der Waals surface area contributed by atoms with Gasteiger partial charge in [0.15, 0.2) is 9.84 Å². The Kier molecular flexibility index (Phi) is 4.04. The number of sulfone groups is 1. The SMILES string of the molecule is CS(=O)(=O)c1ccc(NC(=O)[C@H]2CC=CCC2)cc1. The van der Waals surface area contributed by atoms with Gasteiger partial charge in [-0.05, 0) is 43.5 Å². The molecule has 0 aromatic heterocycles. The third kappa shape index (κ3) is 3.67. The first-order chi connectivity index (χ1) is 8.97. The first-order valence-electron chi connectivity index (χ1n) is 6.23. The molecular weight excluding hydrogens is 262 g/mol. The molecule has 1 aliphatic carbocycles. The molecule has 0 fully saturated rings. The van der Waals surface area contributed by atoms with E-state index in [2.05, 4.69) is 11.4 Å². The smallest absolute Gasteiger partial charge is 0.227 e. The normalized spacial score (nSPS) is 19.1. The van der Waals surface area contributed by atoms with Gasteiger partial charge in [0.05, 0.1) is 4.90 Å². The van der Waals surface area contributed by atoms with Crippen molar-refractivity contribution >= 4 is 21.4 Å². The molecule has 102 valence electrons. The molecule has 5 heteroatoms. The van der Waals surface area contributed by atoms with Gasteiger partial charge >= 0.3 is 0 Å². The van der Waals surface area contributed by atoms with Crippen molar-refractivity contribution in [3.8, 4) is 0 Å². The van der Waals surface area contributed by atoms with Crippen LogP contribution in [0, 0.1) is 5.92 Å². The summed E-state index contributed by atoms with van der Waals surface area (Å²) in [6.07, 6.45) is 7.85. The highest BCUT2D eigenvalue weighted by atomic mass is 32.2. The first-order valence-corrected chi connectivity index (χ1v) is 8.12. The van der Waals surface area contributed by atoms with Gasteiger partial charge < -0.3 is 5.32 Å². The molecule has 19 heavy (non-hydrogen) atoms. The molecule has 0 heterocycles. The van der Waals surface area contributed by atoms with E-state index in [1.807, 2.05) is 6.08 Å². The van der Waals surface area contributed by atoms with Crippen LogP contribution in [0.2, 0.25) is 0 Å². The second kappa shape index (κ2) is 5.57. The predicted octanol–water partition coefficient (Wildman–Crippen LogP) is 2.38. The van der Waals surface area contributed by atoms with Crippen molar-refractivity contribution in [2.24, 2.45) is 5.92 Å². The largest absolute Gasteiger partial charge is 0.326 e.